The molecule has 0 bridgehead atoms. The van der Waals surface area contributed by atoms with Crippen molar-refractivity contribution in [1.29, 1.82) is 0 Å². The monoisotopic (exact) mass is 263 g/mol. The Morgan fingerprint density at radius 1 is 1.44 bits per heavy atom. The molecular formula is C14H17NO2S. The van der Waals surface area contributed by atoms with Crippen LogP contribution in [0.4, 0.5) is 0 Å². The Kier molecular flexibility index (Phi) is 3.39. The lowest BCUT2D eigenvalue weighted by atomic mass is 9.81. The summed E-state index contributed by atoms with van der Waals surface area (Å²) in [4.78, 5) is 15.4. The number of aryl methyl sites for hydroxylation is 1. The second-order valence-corrected chi connectivity index (χ2v) is 6.21. The minimum absolute atomic E-state index is 0.137. The van der Waals surface area contributed by atoms with Gasteiger partial charge in [0.15, 0.2) is 0 Å². The van der Waals surface area contributed by atoms with Crippen LogP contribution in [-0.2, 0) is 16.6 Å². The topological polar surface area (TPSA) is 50.2 Å². The van der Waals surface area contributed by atoms with Gasteiger partial charge in [-0.25, -0.2) is 4.98 Å². The van der Waals surface area contributed by atoms with Gasteiger partial charge < -0.3 is 5.11 Å². The molecule has 0 atom stereocenters. The van der Waals surface area contributed by atoms with E-state index < -0.39 is 5.97 Å². The second-order valence-electron chi connectivity index (χ2n) is 5.10. The molecule has 0 amide bonds. The van der Waals surface area contributed by atoms with E-state index in [1.54, 1.807) is 11.3 Å². The number of carbonyl (C=O) groups is 1. The highest BCUT2D eigenvalue weighted by atomic mass is 32.1. The van der Waals surface area contributed by atoms with Crippen LogP contribution in [0.25, 0.3) is 10.2 Å². The average molecular weight is 263 g/mol. The Hall–Kier alpha value is -1.42. The van der Waals surface area contributed by atoms with Gasteiger partial charge in [0.1, 0.15) is 0 Å². The molecule has 0 saturated heterocycles. The fourth-order valence-corrected chi connectivity index (χ4v) is 2.97. The van der Waals surface area contributed by atoms with Gasteiger partial charge in [0, 0.05) is 5.41 Å². The first-order chi connectivity index (χ1) is 8.42. The standard InChI is InChI=1S/C14H17NO2S/c1-4-12-15-10-6-5-9(7-11(10)18-12)14(2,3)8-13(16)17/h5-7H,4,8H2,1-3H3,(H,16,17). The van der Waals surface area contributed by atoms with Gasteiger partial charge in [-0.3, -0.25) is 4.79 Å². The molecule has 4 heteroatoms. The largest absolute Gasteiger partial charge is 0.481 e. The maximum absolute atomic E-state index is 10.9. The molecule has 0 fully saturated rings. The van der Waals surface area contributed by atoms with Crippen LogP contribution >= 0.6 is 11.3 Å². The molecule has 0 spiro atoms. The zero-order chi connectivity index (χ0) is 13.3. The summed E-state index contributed by atoms with van der Waals surface area (Å²) in [6.45, 7) is 6.01. The molecule has 3 nitrogen and oxygen atoms in total. The number of hydrogen-bond acceptors (Lipinski definition) is 3. The van der Waals surface area contributed by atoms with E-state index in [1.165, 1.54) is 0 Å². The average Bonchev–Trinajstić information content (AvgIpc) is 2.68. The third-order valence-corrected chi connectivity index (χ3v) is 4.27. The van der Waals surface area contributed by atoms with Crippen LogP contribution in [0.5, 0.6) is 0 Å². The van der Waals surface area contributed by atoms with Crippen molar-refractivity contribution in [2.24, 2.45) is 0 Å². The molecule has 0 aliphatic carbocycles. The van der Waals surface area contributed by atoms with E-state index in [0.717, 1.165) is 27.2 Å². The summed E-state index contributed by atoms with van der Waals surface area (Å²) in [5.41, 5.74) is 1.71. The number of rotatable bonds is 4. The molecule has 1 N–H and O–H groups in total. The van der Waals surface area contributed by atoms with E-state index in [4.69, 9.17) is 5.11 Å². The highest BCUT2D eigenvalue weighted by Gasteiger charge is 2.24. The predicted octanol–water partition coefficient (Wildman–Crippen LogP) is 3.61. The quantitative estimate of drug-likeness (QED) is 0.916. The number of benzene rings is 1. The normalized spacial score (nSPS) is 11.9. The number of nitrogens with zero attached hydrogens (tertiary/aromatic N) is 1. The van der Waals surface area contributed by atoms with Gasteiger partial charge in [0.2, 0.25) is 0 Å². The van der Waals surface area contributed by atoms with Gasteiger partial charge in [-0.15, -0.1) is 11.3 Å². The minimum atomic E-state index is -0.765. The Labute approximate surface area is 110 Å². The third-order valence-electron chi connectivity index (χ3n) is 3.11. The summed E-state index contributed by atoms with van der Waals surface area (Å²) in [7, 11) is 0. The summed E-state index contributed by atoms with van der Waals surface area (Å²) < 4.78 is 1.14. The van der Waals surface area contributed by atoms with Crippen molar-refractivity contribution in [3.63, 3.8) is 0 Å². The molecule has 2 rings (SSSR count). The molecule has 0 aliphatic heterocycles. The van der Waals surface area contributed by atoms with Crippen molar-refractivity contribution < 1.29 is 9.90 Å². The number of carboxylic acid groups (broad SMARTS) is 1. The molecule has 0 aliphatic rings. The van der Waals surface area contributed by atoms with E-state index >= 15 is 0 Å². The molecule has 1 heterocycles. The Morgan fingerprint density at radius 3 is 2.78 bits per heavy atom. The van der Waals surface area contributed by atoms with Gasteiger partial charge in [-0.05, 0) is 24.1 Å². The zero-order valence-corrected chi connectivity index (χ0v) is 11.7. The fourth-order valence-electron chi connectivity index (χ4n) is 2.02. The lowest BCUT2D eigenvalue weighted by Crippen LogP contribution is -2.21. The van der Waals surface area contributed by atoms with E-state index in [-0.39, 0.29) is 11.8 Å². The van der Waals surface area contributed by atoms with E-state index in [0.29, 0.717) is 0 Å². The molecule has 96 valence electrons. The smallest absolute Gasteiger partial charge is 0.304 e. The molecule has 0 radical (unpaired) electrons. The van der Waals surface area contributed by atoms with Crippen LogP contribution in [0.3, 0.4) is 0 Å². The van der Waals surface area contributed by atoms with Crippen molar-refractivity contribution in [3.8, 4) is 0 Å². The first-order valence-corrected chi connectivity index (χ1v) is 6.86. The van der Waals surface area contributed by atoms with Crippen molar-refractivity contribution in [1.82, 2.24) is 4.98 Å². The number of fused-ring (bicyclic) bond motifs is 1. The maximum atomic E-state index is 10.9. The van der Waals surface area contributed by atoms with Crippen molar-refractivity contribution in [2.45, 2.75) is 39.0 Å². The lowest BCUT2D eigenvalue weighted by molar-refractivity contribution is -0.138. The van der Waals surface area contributed by atoms with Crippen molar-refractivity contribution in [3.05, 3.63) is 28.8 Å². The Morgan fingerprint density at radius 2 is 2.17 bits per heavy atom. The SMILES string of the molecule is CCc1nc2ccc(C(C)(C)CC(=O)O)cc2s1. The number of hydrogen-bond donors (Lipinski definition) is 1. The number of aliphatic carboxylic acids is 1. The van der Waals surface area contributed by atoms with Crippen LogP contribution in [0.15, 0.2) is 18.2 Å². The van der Waals surface area contributed by atoms with Crippen molar-refractivity contribution >= 4 is 27.5 Å². The van der Waals surface area contributed by atoms with Crippen LogP contribution < -0.4 is 0 Å². The Balaban J connectivity index is 2.42. The van der Waals surface area contributed by atoms with Crippen LogP contribution in [-0.4, -0.2) is 16.1 Å². The molecule has 2 aromatic rings. The minimum Gasteiger partial charge on any atom is -0.481 e. The summed E-state index contributed by atoms with van der Waals surface area (Å²) >= 11 is 1.69. The molecule has 0 saturated carbocycles. The van der Waals surface area contributed by atoms with Gasteiger partial charge in [0.25, 0.3) is 0 Å². The molecule has 1 aromatic heterocycles. The molecular weight excluding hydrogens is 246 g/mol. The van der Waals surface area contributed by atoms with E-state index in [1.807, 2.05) is 26.0 Å². The zero-order valence-electron chi connectivity index (χ0n) is 10.9. The van der Waals surface area contributed by atoms with E-state index in [2.05, 4.69) is 18.0 Å². The number of thiazole rings is 1. The molecule has 18 heavy (non-hydrogen) atoms. The van der Waals surface area contributed by atoms with Gasteiger partial charge >= 0.3 is 5.97 Å². The summed E-state index contributed by atoms with van der Waals surface area (Å²) in [6.07, 6.45) is 1.07. The Bertz CT molecular complexity index is 586. The summed E-state index contributed by atoms with van der Waals surface area (Å²) in [6, 6.07) is 6.06. The molecule has 1 aromatic carbocycles. The van der Waals surface area contributed by atoms with Crippen LogP contribution in [0.2, 0.25) is 0 Å². The fraction of sp³-hybridized carbons (Fsp3) is 0.429. The first kappa shape index (κ1) is 13.0. The van der Waals surface area contributed by atoms with Crippen molar-refractivity contribution in [2.75, 3.05) is 0 Å². The summed E-state index contributed by atoms with van der Waals surface area (Å²) in [5, 5.41) is 10.1. The lowest BCUT2D eigenvalue weighted by Gasteiger charge is -2.22. The van der Waals surface area contributed by atoms with Gasteiger partial charge in [-0.2, -0.15) is 0 Å². The second kappa shape index (κ2) is 4.69. The highest BCUT2D eigenvalue weighted by molar-refractivity contribution is 7.18. The number of aromatic nitrogens is 1. The van der Waals surface area contributed by atoms with Gasteiger partial charge in [-0.1, -0.05) is 26.8 Å². The summed E-state index contributed by atoms with van der Waals surface area (Å²) in [5.74, 6) is -0.765. The molecule has 0 unspecified atom stereocenters. The highest BCUT2D eigenvalue weighted by Crippen LogP contribution is 2.31. The van der Waals surface area contributed by atoms with Crippen LogP contribution in [0.1, 0.15) is 37.8 Å². The van der Waals surface area contributed by atoms with Gasteiger partial charge in [0.05, 0.1) is 21.6 Å². The van der Waals surface area contributed by atoms with E-state index in [9.17, 15) is 4.79 Å². The maximum Gasteiger partial charge on any atom is 0.304 e. The van der Waals surface area contributed by atoms with Crippen LogP contribution in [0, 0.1) is 0 Å². The third kappa shape index (κ3) is 2.53. The first-order valence-electron chi connectivity index (χ1n) is 6.04. The number of carboxylic acids is 1. The predicted molar refractivity (Wildman–Crippen MR) is 74.3 cm³/mol.